The van der Waals surface area contributed by atoms with Gasteiger partial charge in [0.1, 0.15) is 5.75 Å². The van der Waals surface area contributed by atoms with Crippen LogP contribution >= 0.6 is 22.7 Å². The number of ether oxygens (including phenoxy) is 1. The number of hydrogen-bond donors (Lipinski definition) is 1. The molecular weight excluding hydrogens is 208 g/mol. The maximum atomic E-state index is 11.2. The van der Waals surface area contributed by atoms with Crippen molar-refractivity contribution in [1.82, 2.24) is 0 Å². The quantitative estimate of drug-likeness (QED) is 0.742. The topological polar surface area (TPSA) is 46.5 Å². The molecule has 0 amide bonds. The number of esters is 1. The Morgan fingerprint density at radius 3 is 2.85 bits per heavy atom. The van der Waals surface area contributed by atoms with Crippen LogP contribution in [0.15, 0.2) is 10.8 Å². The van der Waals surface area contributed by atoms with Crippen LogP contribution in [-0.4, -0.2) is 18.2 Å². The lowest BCUT2D eigenvalue weighted by Gasteiger charge is -1.94. The normalized spacial score (nSPS) is 10.5. The number of carbonyl (C=O) groups is 1. The Hall–Kier alpha value is -1.07. The number of fused-ring (bicyclic) bond motifs is 1. The van der Waals surface area contributed by atoms with Gasteiger partial charge in [-0.05, 0) is 0 Å². The van der Waals surface area contributed by atoms with Crippen LogP contribution in [-0.2, 0) is 4.74 Å². The molecule has 3 nitrogen and oxygen atoms in total. The standard InChI is InChI=1S/C8H6O3S2/c1-11-7(10)4-2-12-8-6(4)5(9)3-13-8/h2-3,9H,1H3. The Morgan fingerprint density at radius 1 is 1.46 bits per heavy atom. The van der Waals surface area contributed by atoms with E-state index in [1.54, 1.807) is 10.8 Å². The van der Waals surface area contributed by atoms with Gasteiger partial charge >= 0.3 is 5.97 Å². The van der Waals surface area contributed by atoms with Gasteiger partial charge in [-0.3, -0.25) is 0 Å². The van der Waals surface area contributed by atoms with E-state index in [-0.39, 0.29) is 5.75 Å². The summed E-state index contributed by atoms with van der Waals surface area (Å²) in [6, 6.07) is 0. The predicted molar refractivity (Wildman–Crippen MR) is 52.7 cm³/mol. The van der Waals surface area contributed by atoms with Crippen molar-refractivity contribution in [2.45, 2.75) is 0 Å². The van der Waals surface area contributed by atoms with Crippen LogP contribution in [0.4, 0.5) is 0 Å². The maximum absolute atomic E-state index is 11.2. The molecule has 0 aliphatic heterocycles. The summed E-state index contributed by atoms with van der Waals surface area (Å²) in [6.07, 6.45) is 0. The zero-order chi connectivity index (χ0) is 9.42. The number of carbonyl (C=O) groups excluding carboxylic acids is 1. The molecule has 0 aliphatic carbocycles. The summed E-state index contributed by atoms with van der Waals surface area (Å²) in [5.41, 5.74) is 0.446. The van der Waals surface area contributed by atoms with Crippen LogP contribution in [0.1, 0.15) is 10.4 Å². The molecule has 2 rings (SSSR count). The lowest BCUT2D eigenvalue weighted by atomic mass is 10.2. The van der Waals surface area contributed by atoms with Gasteiger partial charge in [0.15, 0.2) is 0 Å². The monoisotopic (exact) mass is 214 g/mol. The van der Waals surface area contributed by atoms with Gasteiger partial charge in [-0.1, -0.05) is 0 Å². The molecule has 2 heterocycles. The molecule has 68 valence electrons. The number of thiophene rings is 2. The fraction of sp³-hybridized carbons (Fsp3) is 0.125. The maximum Gasteiger partial charge on any atom is 0.339 e. The Kier molecular flexibility index (Phi) is 1.97. The van der Waals surface area contributed by atoms with E-state index in [4.69, 9.17) is 0 Å². The molecule has 1 N–H and O–H groups in total. The van der Waals surface area contributed by atoms with Crippen LogP contribution in [0.25, 0.3) is 9.40 Å². The third-order valence-corrected chi connectivity index (χ3v) is 3.80. The number of rotatable bonds is 1. The molecule has 0 spiro atoms. The van der Waals surface area contributed by atoms with E-state index in [0.717, 1.165) is 4.01 Å². The van der Waals surface area contributed by atoms with Crippen LogP contribution in [0, 0.1) is 0 Å². The molecule has 2 aromatic heterocycles. The number of methoxy groups -OCH3 is 1. The van der Waals surface area contributed by atoms with Crippen molar-refractivity contribution in [3.8, 4) is 5.75 Å². The van der Waals surface area contributed by atoms with Gasteiger partial charge in [0.05, 0.1) is 22.1 Å². The Bertz CT molecular complexity index is 455. The predicted octanol–water partition coefficient (Wildman–Crippen LogP) is 2.46. The SMILES string of the molecule is COC(=O)c1csc2scc(O)c12. The molecule has 0 aliphatic rings. The Morgan fingerprint density at radius 2 is 2.15 bits per heavy atom. The minimum Gasteiger partial charge on any atom is -0.506 e. The first kappa shape index (κ1) is 8.52. The zero-order valence-corrected chi connectivity index (χ0v) is 8.37. The zero-order valence-electron chi connectivity index (χ0n) is 6.73. The lowest BCUT2D eigenvalue weighted by Crippen LogP contribution is -1.98. The van der Waals surface area contributed by atoms with E-state index in [9.17, 15) is 9.90 Å². The summed E-state index contributed by atoms with van der Waals surface area (Å²) in [6.45, 7) is 0. The Balaban J connectivity index is 2.68. The molecule has 0 fully saturated rings. The molecule has 0 unspecified atom stereocenters. The van der Waals surface area contributed by atoms with E-state index >= 15 is 0 Å². The summed E-state index contributed by atoms with van der Waals surface area (Å²) in [5, 5.41) is 13.4. The van der Waals surface area contributed by atoms with Gasteiger partial charge in [-0.2, -0.15) is 0 Å². The molecule has 13 heavy (non-hydrogen) atoms. The Labute approximate surface area is 82.2 Å². The molecule has 0 bridgehead atoms. The largest absolute Gasteiger partial charge is 0.506 e. The van der Waals surface area contributed by atoms with E-state index < -0.39 is 5.97 Å². The van der Waals surface area contributed by atoms with E-state index in [1.165, 1.54) is 29.8 Å². The fourth-order valence-electron chi connectivity index (χ4n) is 1.10. The lowest BCUT2D eigenvalue weighted by molar-refractivity contribution is 0.0603. The highest BCUT2D eigenvalue weighted by Crippen LogP contribution is 2.38. The highest BCUT2D eigenvalue weighted by molar-refractivity contribution is 7.37. The van der Waals surface area contributed by atoms with Crippen molar-refractivity contribution in [2.75, 3.05) is 7.11 Å². The van der Waals surface area contributed by atoms with Crippen molar-refractivity contribution in [2.24, 2.45) is 0 Å². The van der Waals surface area contributed by atoms with Crippen LogP contribution in [0.3, 0.4) is 0 Å². The first-order valence-electron chi connectivity index (χ1n) is 3.50. The minimum atomic E-state index is -0.403. The second kappa shape index (κ2) is 3.01. The second-order valence-electron chi connectivity index (χ2n) is 2.42. The molecule has 2 aromatic rings. The van der Waals surface area contributed by atoms with Crippen LogP contribution < -0.4 is 0 Å². The third kappa shape index (κ3) is 1.20. The van der Waals surface area contributed by atoms with Crippen LogP contribution in [0.5, 0.6) is 5.75 Å². The summed E-state index contributed by atoms with van der Waals surface area (Å²) in [7, 11) is 1.33. The van der Waals surface area contributed by atoms with Crippen molar-refractivity contribution < 1.29 is 14.6 Å². The molecular formula is C8H6O3S2. The molecule has 0 saturated heterocycles. The second-order valence-corrected chi connectivity index (χ2v) is 4.44. The summed E-state index contributed by atoms with van der Waals surface area (Å²) < 4.78 is 5.53. The van der Waals surface area contributed by atoms with Gasteiger partial charge in [-0.15, -0.1) is 22.7 Å². The van der Waals surface area contributed by atoms with Gasteiger partial charge in [0.25, 0.3) is 0 Å². The number of aromatic hydroxyl groups is 1. The fourth-order valence-corrected chi connectivity index (χ4v) is 3.05. The summed E-state index contributed by atoms with van der Waals surface area (Å²) in [4.78, 5) is 11.2. The van der Waals surface area contributed by atoms with Gasteiger partial charge in [0.2, 0.25) is 0 Å². The van der Waals surface area contributed by atoms with Gasteiger partial charge in [-0.25, -0.2) is 4.79 Å². The van der Waals surface area contributed by atoms with Crippen molar-refractivity contribution >= 4 is 38.0 Å². The molecule has 0 aromatic carbocycles. The highest BCUT2D eigenvalue weighted by atomic mass is 32.2. The molecule has 0 atom stereocenters. The average Bonchev–Trinajstić information content (AvgIpc) is 2.68. The molecule has 0 saturated carbocycles. The van der Waals surface area contributed by atoms with Crippen molar-refractivity contribution in [3.63, 3.8) is 0 Å². The smallest absolute Gasteiger partial charge is 0.339 e. The van der Waals surface area contributed by atoms with E-state index in [0.29, 0.717) is 10.9 Å². The van der Waals surface area contributed by atoms with E-state index in [2.05, 4.69) is 4.74 Å². The first-order valence-corrected chi connectivity index (χ1v) is 5.26. The van der Waals surface area contributed by atoms with Gasteiger partial charge in [0, 0.05) is 10.8 Å². The molecule has 5 heteroatoms. The average molecular weight is 214 g/mol. The number of hydrogen-bond acceptors (Lipinski definition) is 5. The third-order valence-electron chi connectivity index (χ3n) is 1.70. The highest BCUT2D eigenvalue weighted by Gasteiger charge is 2.16. The molecule has 0 radical (unpaired) electrons. The van der Waals surface area contributed by atoms with E-state index in [1.807, 2.05) is 0 Å². The van der Waals surface area contributed by atoms with Crippen molar-refractivity contribution in [1.29, 1.82) is 0 Å². The summed E-state index contributed by atoms with van der Waals surface area (Å²) in [5.74, 6) is -0.249. The van der Waals surface area contributed by atoms with Gasteiger partial charge < -0.3 is 9.84 Å². The van der Waals surface area contributed by atoms with Crippen molar-refractivity contribution in [3.05, 3.63) is 16.3 Å². The summed E-state index contributed by atoms with van der Waals surface area (Å²) >= 11 is 2.86. The van der Waals surface area contributed by atoms with Crippen LogP contribution in [0.2, 0.25) is 0 Å². The first-order chi connectivity index (χ1) is 6.24. The minimum absolute atomic E-state index is 0.154.